The van der Waals surface area contributed by atoms with Gasteiger partial charge in [-0.3, -0.25) is 0 Å². The Bertz CT molecular complexity index is 1260. The molecule has 0 aromatic heterocycles. The zero-order chi connectivity index (χ0) is 22.7. The number of hydrogen-bond acceptors (Lipinski definition) is 2. The number of carboxylic acid groups (broad SMARTS) is 2. The summed E-state index contributed by atoms with van der Waals surface area (Å²) in [4.78, 5) is 20.7. The standard InChI is InChI=1S/C20H20.C8H6O4/c1-2-14-7-5-8-16-11-12-18-17-9-4-3-6-15(17)10-13-19(18)20(14)16;9-7(10)5-1-2-6(4-3-5)8(11)12/h3-4,6,9-14H,2,5,7-8H2,1H3;1-4H,(H,9,10)(H,11,12). The highest BCUT2D eigenvalue weighted by molar-refractivity contribution is 6.08. The van der Waals surface area contributed by atoms with Crippen molar-refractivity contribution < 1.29 is 19.8 Å². The van der Waals surface area contributed by atoms with Crippen molar-refractivity contribution in [3.63, 3.8) is 0 Å². The molecule has 0 bridgehead atoms. The van der Waals surface area contributed by atoms with E-state index >= 15 is 0 Å². The van der Waals surface area contributed by atoms with Gasteiger partial charge < -0.3 is 10.2 Å². The van der Waals surface area contributed by atoms with Crippen LogP contribution in [0, 0.1) is 0 Å². The van der Waals surface area contributed by atoms with Crippen LogP contribution in [0.1, 0.15) is 63.9 Å². The summed E-state index contributed by atoms with van der Waals surface area (Å²) in [6, 6.07) is 23.1. The maximum atomic E-state index is 10.3. The maximum absolute atomic E-state index is 10.3. The van der Waals surface area contributed by atoms with Crippen LogP contribution in [-0.2, 0) is 6.42 Å². The van der Waals surface area contributed by atoms with E-state index in [4.69, 9.17) is 10.2 Å². The van der Waals surface area contributed by atoms with Crippen molar-refractivity contribution in [3.8, 4) is 0 Å². The van der Waals surface area contributed by atoms with Crippen LogP contribution in [0.5, 0.6) is 0 Å². The molecule has 0 spiro atoms. The molecule has 0 saturated heterocycles. The number of rotatable bonds is 3. The summed E-state index contributed by atoms with van der Waals surface area (Å²) >= 11 is 0. The Balaban J connectivity index is 0.000000176. The van der Waals surface area contributed by atoms with E-state index in [1.807, 2.05) is 0 Å². The van der Waals surface area contributed by atoms with E-state index in [9.17, 15) is 9.59 Å². The zero-order valence-electron chi connectivity index (χ0n) is 18.0. The molecule has 4 aromatic carbocycles. The zero-order valence-corrected chi connectivity index (χ0v) is 18.0. The Morgan fingerprint density at radius 2 is 1.41 bits per heavy atom. The molecule has 0 saturated carbocycles. The third-order valence-electron chi connectivity index (χ3n) is 6.34. The third kappa shape index (κ3) is 4.22. The lowest BCUT2D eigenvalue weighted by Crippen LogP contribution is -2.09. The van der Waals surface area contributed by atoms with Crippen LogP contribution in [0.25, 0.3) is 21.5 Å². The summed E-state index contributed by atoms with van der Waals surface area (Å²) in [5, 5.41) is 22.6. The number of hydrogen-bond donors (Lipinski definition) is 2. The minimum Gasteiger partial charge on any atom is -0.478 e. The molecule has 0 fully saturated rings. The summed E-state index contributed by atoms with van der Waals surface area (Å²) in [7, 11) is 0. The van der Waals surface area contributed by atoms with E-state index in [-0.39, 0.29) is 11.1 Å². The fraction of sp³-hybridized carbons (Fsp3) is 0.214. The molecule has 4 aromatic rings. The van der Waals surface area contributed by atoms with Crippen LogP contribution in [0.2, 0.25) is 0 Å². The largest absolute Gasteiger partial charge is 0.478 e. The minimum absolute atomic E-state index is 0.0833. The van der Waals surface area contributed by atoms with Crippen LogP contribution in [0.4, 0.5) is 0 Å². The second-order valence-corrected chi connectivity index (χ2v) is 8.21. The molecule has 0 radical (unpaired) electrons. The normalized spacial score (nSPS) is 15.0. The van der Waals surface area contributed by atoms with Gasteiger partial charge >= 0.3 is 11.9 Å². The average molecular weight is 427 g/mol. The SMILES string of the molecule is CCC1CCCc2ccc3c(ccc4ccccc43)c21.O=C(O)c1ccc(C(=O)O)cc1. The topological polar surface area (TPSA) is 74.6 Å². The maximum Gasteiger partial charge on any atom is 0.335 e. The Morgan fingerprint density at radius 3 is 2.03 bits per heavy atom. The Hall–Kier alpha value is -3.66. The van der Waals surface area contributed by atoms with Crippen LogP contribution in [-0.4, -0.2) is 22.2 Å². The first-order chi connectivity index (χ1) is 15.5. The third-order valence-corrected chi connectivity index (χ3v) is 6.34. The Morgan fingerprint density at radius 1 is 0.781 bits per heavy atom. The summed E-state index contributed by atoms with van der Waals surface area (Å²) in [6.07, 6.45) is 5.23. The molecular weight excluding hydrogens is 400 g/mol. The van der Waals surface area contributed by atoms with Gasteiger partial charge in [0.25, 0.3) is 0 Å². The van der Waals surface area contributed by atoms with Gasteiger partial charge in [0.1, 0.15) is 0 Å². The van der Waals surface area contributed by atoms with Gasteiger partial charge in [0, 0.05) is 0 Å². The monoisotopic (exact) mass is 426 g/mol. The van der Waals surface area contributed by atoms with Gasteiger partial charge in [-0.05, 0) is 88.5 Å². The van der Waals surface area contributed by atoms with Crippen molar-refractivity contribution in [2.24, 2.45) is 0 Å². The molecule has 4 heteroatoms. The predicted octanol–water partition coefficient (Wildman–Crippen LogP) is 6.91. The highest BCUT2D eigenvalue weighted by atomic mass is 16.4. The van der Waals surface area contributed by atoms with E-state index in [2.05, 4.69) is 55.5 Å². The first-order valence-electron chi connectivity index (χ1n) is 11.0. The lowest BCUT2D eigenvalue weighted by atomic mass is 9.78. The molecule has 0 heterocycles. The van der Waals surface area contributed by atoms with Gasteiger partial charge in [0.05, 0.1) is 11.1 Å². The average Bonchev–Trinajstić information content (AvgIpc) is 2.83. The smallest absolute Gasteiger partial charge is 0.335 e. The van der Waals surface area contributed by atoms with Crippen molar-refractivity contribution in [3.05, 3.63) is 95.1 Å². The van der Waals surface area contributed by atoms with Crippen molar-refractivity contribution in [1.29, 1.82) is 0 Å². The summed E-state index contributed by atoms with van der Waals surface area (Å²) in [5.74, 6) is -1.37. The number of carboxylic acids is 2. The number of benzene rings is 4. The van der Waals surface area contributed by atoms with Gasteiger partial charge in [0.15, 0.2) is 0 Å². The molecule has 4 nitrogen and oxygen atoms in total. The summed E-state index contributed by atoms with van der Waals surface area (Å²) in [5.41, 5.74) is 3.40. The van der Waals surface area contributed by atoms with Gasteiger partial charge in [-0.15, -0.1) is 0 Å². The molecular formula is C28H26O4. The van der Waals surface area contributed by atoms with E-state index in [0.717, 1.165) is 5.92 Å². The van der Waals surface area contributed by atoms with Crippen molar-refractivity contribution in [1.82, 2.24) is 0 Å². The predicted molar refractivity (Wildman–Crippen MR) is 128 cm³/mol. The van der Waals surface area contributed by atoms with Crippen molar-refractivity contribution in [2.45, 2.75) is 38.5 Å². The van der Waals surface area contributed by atoms with Gasteiger partial charge in [-0.25, -0.2) is 9.59 Å². The van der Waals surface area contributed by atoms with E-state index < -0.39 is 11.9 Å². The van der Waals surface area contributed by atoms with Gasteiger partial charge in [-0.2, -0.15) is 0 Å². The molecule has 32 heavy (non-hydrogen) atoms. The van der Waals surface area contributed by atoms with E-state index in [0.29, 0.717) is 0 Å². The van der Waals surface area contributed by atoms with Gasteiger partial charge in [0.2, 0.25) is 0 Å². The molecule has 1 atom stereocenters. The summed E-state index contributed by atoms with van der Waals surface area (Å²) < 4.78 is 0. The molecule has 162 valence electrons. The molecule has 0 amide bonds. The van der Waals surface area contributed by atoms with Gasteiger partial charge in [-0.1, -0.05) is 55.5 Å². The highest BCUT2D eigenvalue weighted by Crippen LogP contribution is 2.40. The quantitative estimate of drug-likeness (QED) is 0.349. The highest BCUT2D eigenvalue weighted by Gasteiger charge is 2.21. The number of carbonyl (C=O) groups is 2. The van der Waals surface area contributed by atoms with E-state index in [1.54, 1.807) is 11.1 Å². The minimum atomic E-state index is -1.06. The van der Waals surface area contributed by atoms with Crippen LogP contribution < -0.4 is 0 Å². The fourth-order valence-electron chi connectivity index (χ4n) is 4.70. The first kappa shape index (κ1) is 21.6. The van der Waals surface area contributed by atoms with Crippen LogP contribution in [0.15, 0.2) is 72.8 Å². The van der Waals surface area contributed by atoms with Crippen LogP contribution >= 0.6 is 0 Å². The second-order valence-electron chi connectivity index (χ2n) is 8.21. The number of fused-ring (bicyclic) bond motifs is 5. The number of aryl methyl sites for hydroxylation is 1. The van der Waals surface area contributed by atoms with E-state index in [1.165, 1.54) is 71.5 Å². The lowest BCUT2D eigenvalue weighted by molar-refractivity contribution is 0.0681. The molecule has 0 aliphatic heterocycles. The number of aromatic carboxylic acids is 2. The Labute approximate surface area is 187 Å². The van der Waals surface area contributed by atoms with Crippen LogP contribution in [0.3, 0.4) is 0 Å². The molecule has 1 aliphatic carbocycles. The Kier molecular flexibility index (Phi) is 6.22. The second kappa shape index (κ2) is 9.23. The fourth-order valence-corrected chi connectivity index (χ4v) is 4.70. The van der Waals surface area contributed by atoms with Crippen molar-refractivity contribution >= 4 is 33.5 Å². The molecule has 5 rings (SSSR count). The molecule has 1 aliphatic rings. The first-order valence-corrected chi connectivity index (χ1v) is 11.0. The molecule has 1 unspecified atom stereocenters. The molecule has 2 N–H and O–H groups in total. The summed E-state index contributed by atoms with van der Waals surface area (Å²) in [6.45, 7) is 2.33. The lowest BCUT2D eigenvalue weighted by Gasteiger charge is -2.26. The van der Waals surface area contributed by atoms with Crippen molar-refractivity contribution in [2.75, 3.05) is 0 Å².